The Balaban J connectivity index is 1.63. The number of aliphatic imine (C=N–C) groups is 1. The number of nitrogens with zero attached hydrogens (tertiary/aromatic N) is 5. The van der Waals surface area contributed by atoms with E-state index >= 15 is 0 Å². The largest absolute Gasteiger partial charge is 0.416 e. The zero-order valence-corrected chi connectivity index (χ0v) is 19.2. The molecule has 2 aromatic heterocycles. The third kappa shape index (κ3) is 7.35. The van der Waals surface area contributed by atoms with Gasteiger partial charge in [-0.3, -0.25) is 21.2 Å². The number of nitrogens with one attached hydrogen (secondary N) is 2. The maximum Gasteiger partial charge on any atom is 0.416 e. The number of likely N-dealkylation sites (tertiary alicyclic amines) is 1. The van der Waals surface area contributed by atoms with Crippen molar-refractivity contribution < 1.29 is 14.3 Å². The number of hydrogen-bond acceptors (Lipinski definition) is 11. The fraction of sp³-hybridized carbons (Fsp3) is 0.429. The lowest BCUT2D eigenvalue weighted by Gasteiger charge is -2.32. The molecule has 0 spiro atoms. The minimum Gasteiger partial charge on any atom is -0.396 e. The number of nitrogens with two attached hydrogens (primary N) is 3. The SMILES string of the molecule is C/C(=N\C(C)(N)N)OC(=O)N1CCCC(CNc2cc(Nc3cnccn3)ncc2C(N)=O)C1. The van der Waals surface area contributed by atoms with E-state index in [0.29, 0.717) is 37.0 Å². The van der Waals surface area contributed by atoms with Gasteiger partial charge in [-0.05, 0) is 25.7 Å². The molecule has 3 rings (SSSR count). The number of carbonyl (C=O) groups excluding carboxylic acids is 2. The van der Waals surface area contributed by atoms with Crippen LogP contribution in [0, 0.1) is 5.92 Å². The van der Waals surface area contributed by atoms with Gasteiger partial charge in [0.1, 0.15) is 11.6 Å². The van der Waals surface area contributed by atoms with Crippen LogP contribution in [0.3, 0.4) is 0 Å². The van der Waals surface area contributed by atoms with Crippen molar-refractivity contribution in [2.24, 2.45) is 28.1 Å². The number of rotatable bonds is 7. The zero-order valence-electron chi connectivity index (χ0n) is 19.2. The molecule has 1 aliphatic heterocycles. The molecule has 3 heterocycles. The normalized spacial score (nSPS) is 16.6. The number of ether oxygens (including phenoxy) is 1. The molecule has 8 N–H and O–H groups in total. The van der Waals surface area contributed by atoms with E-state index in [1.54, 1.807) is 29.6 Å². The molecule has 1 fully saturated rings. The van der Waals surface area contributed by atoms with E-state index in [-0.39, 0.29) is 17.4 Å². The van der Waals surface area contributed by atoms with Crippen molar-refractivity contribution in [1.29, 1.82) is 0 Å². The van der Waals surface area contributed by atoms with Crippen LogP contribution in [0.2, 0.25) is 0 Å². The van der Waals surface area contributed by atoms with Crippen LogP contribution in [0.4, 0.5) is 22.1 Å². The van der Waals surface area contributed by atoms with Gasteiger partial charge >= 0.3 is 6.09 Å². The summed E-state index contributed by atoms with van der Waals surface area (Å²) in [6.45, 7) is 4.58. The van der Waals surface area contributed by atoms with Crippen molar-refractivity contribution in [3.63, 3.8) is 0 Å². The van der Waals surface area contributed by atoms with Crippen LogP contribution in [-0.4, -0.2) is 63.2 Å². The first-order valence-corrected chi connectivity index (χ1v) is 10.8. The van der Waals surface area contributed by atoms with E-state index in [1.807, 2.05) is 0 Å². The number of pyridine rings is 1. The van der Waals surface area contributed by atoms with Gasteiger partial charge in [-0.25, -0.2) is 19.8 Å². The van der Waals surface area contributed by atoms with E-state index in [0.717, 1.165) is 12.8 Å². The topological polar surface area (TPSA) is 200 Å². The van der Waals surface area contributed by atoms with Gasteiger partial charge in [-0.2, -0.15) is 0 Å². The Morgan fingerprint density at radius 3 is 2.74 bits per heavy atom. The summed E-state index contributed by atoms with van der Waals surface area (Å²) >= 11 is 0. The standard InChI is InChI=1S/C21H30N10O3/c1-13(30-21(2,23)24)34-20(33)31-7-3-4-14(12-31)9-27-16-8-17(28-10-15(16)19(22)32)29-18-11-25-5-6-26-18/h5-6,8,10-11,14H,3-4,7,9,12,23-24H2,1-2H3,(H2,22,32)(H2,26,27,28,29)/b30-13+. The van der Waals surface area contributed by atoms with Gasteiger partial charge < -0.3 is 26.0 Å². The minimum atomic E-state index is -1.32. The van der Waals surface area contributed by atoms with Crippen molar-refractivity contribution in [2.75, 3.05) is 30.3 Å². The molecule has 0 bridgehead atoms. The average Bonchev–Trinajstić information content (AvgIpc) is 2.77. The Labute approximate surface area is 197 Å². The average molecular weight is 471 g/mol. The van der Waals surface area contributed by atoms with Crippen molar-refractivity contribution in [1.82, 2.24) is 19.9 Å². The lowest BCUT2D eigenvalue weighted by Crippen LogP contribution is -2.46. The van der Waals surface area contributed by atoms with Gasteiger partial charge in [0.05, 0.1) is 17.4 Å². The zero-order chi connectivity index (χ0) is 24.7. The molecule has 1 unspecified atom stereocenters. The van der Waals surface area contributed by atoms with Crippen molar-refractivity contribution >= 4 is 35.2 Å². The molecule has 0 aliphatic carbocycles. The van der Waals surface area contributed by atoms with E-state index in [9.17, 15) is 9.59 Å². The Kier molecular flexibility index (Phi) is 7.91. The van der Waals surface area contributed by atoms with Crippen LogP contribution in [0.5, 0.6) is 0 Å². The van der Waals surface area contributed by atoms with Gasteiger partial charge in [0.15, 0.2) is 11.7 Å². The summed E-state index contributed by atoms with van der Waals surface area (Å²) in [5.74, 6) is -0.707. The van der Waals surface area contributed by atoms with Gasteiger partial charge in [0.25, 0.3) is 5.91 Å². The van der Waals surface area contributed by atoms with Gasteiger partial charge in [-0.15, -0.1) is 0 Å². The number of anilines is 3. The summed E-state index contributed by atoms with van der Waals surface area (Å²) < 4.78 is 5.27. The van der Waals surface area contributed by atoms with Crippen LogP contribution < -0.4 is 27.8 Å². The summed E-state index contributed by atoms with van der Waals surface area (Å²) in [5.41, 5.74) is 17.6. The smallest absolute Gasteiger partial charge is 0.396 e. The highest BCUT2D eigenvalue weighted by atomic mass is 16.6. The van der Waals surface area contributed by atoms with Crippen LogP contribution in [0.25, 0.3) is 0 Å². The Hall–Kier alpha value is -3.84. The van der Waals surface area contributed by atoms with Crippen LogP contribution in [-0.2, 0) is 4.74 Å². The van der Waals surface area contributed by atoms with Crippen molar-refractivity contribution in [3.8, 4) is 0 Å². The molecule has 0 radical (unpaired) electrons. The highest BCUT2D eigenvalue weighted by Gasteiger charge is 2.26. The second kappa shape index (κ2) is 10.9. The van der Waals surface area contributed by atoms with Gasteiger partial charge in [-0.1, -0.05) is 0 Å². The molecule has 1 aliphatic rings. The molecule has 13 nitrogen and oxygen atoms in total. The molecule has 0 aromatic carbocycles. The van der Waals surface area contributed by atoms with Gasteiger partial charge in [0.2, 0.25) is 0 Å². The first-order valence-electron chi connectivity index (χ1n) is 10.8. The molecule has 1 atom stereocenters. The monoisotopic (exact) mass is 470 g/mol. The number of hydrogen-bond donors (Lipinski definition) is 5. The molecular formula is C21H30N10O3. The molecule has 34 heavy (non-hydrogen) atoms. The Morgan fingerprint density at radius 2 is 2.06 bits per heavy atom. The maximum atomic E-state index is 12.5. The van der Waals surface area contributed by atoms with Crippen LogP contribution >= 0.6 is 0 Å². The highest BCUT2D eigenvalue weighted by molar-refractivity contribution is 5.98. The lowest BCUT2D eigenvalue weighted by molar-refractivity contribution is 0.100. The van der Waals surface area contributed by atoms with Crippen LogP contribution in [0.15, 0.2) is 35.8 Å². The third-order valence-corrected chi connectivity index (χ3v) is 4.98. The molecule has 2 amide bonds. The van der Waals surface area contributed by atoms with Gasteiger partial charge in [0, 0.05) is 51.2 Å². The molecule has 182 valence electrons. The maximum absolute atomic E-state index is 12.5. The molecule has 1 saturated heterocycles. The Bertz CT molecular complexity index is 1040. The summed E-state index contributed by atoms with van der Waals surface area (Å²) in [7, 11) is 0. The summed E-state index contributed by atoms with van der Waals surface area (Å²) in [4.78, 5) is 42.3. The fourth-order valence-corrected chi connectivity index (χ4v) is 3.57. The molecule has 2 aromatic rings. The van der Waals surface area contributed by atoms with E-state index in [4.69, 9.17) is 21.9 Å². The van der Waals surface area contributed by atoms with E-state index in [2.05, 4.69) is 30.6 Å². The molecule has 0 saturated carbocycles. The number of aromatic nitrogens is 3. The predicted octanol–water partition coefficient (Wildman–Crippen LogP) is 0.984. The second-order valence-electron chi connectivity index (χ2n) is 8.25. The first kappa shape index (κ1) is 24.8. The van der Waals surface area contributed by atoms with E-state index < -0.39 is 17.8 Å². The lowest BCUT2D eigenvalue weighted by atomic mass is 9.98. The predicted molar refractivity (Wildman–Crippen MR) is 127 cm³/mol. The van der Waals surface area contributed by atoms with Crippen molar-refractivity contribution in [2.45, 2.75) is 32.5 Å². The number of piperidine rings is 1. The molecule has 13 heteroatoms. The summed E-state index contributed by atoms with van der Waals surface area (Å²) in [5, 5.41) is 6.30. The first-order chi connectivity index (χ1) is 16.1. The quantitative estimate of drug-likeness (QED) is 0.221. The minimum absolute atomic E-state index is 0.101. The molecular weight excluding hydrogens is 440 g/mol. The summed E-state index contributed by atoms with van der Waals surface area (Å²) in [6, 6.07) is 1.68. The Morgan fingerprint density at radius 1 is 1.26 bits per heavy atom. The van der Waals surface area contributed by atoms with E-state index in [1.165, 1.54) is 20.0 Å². The highest BCUT2D eigenvalue weighted by Crippen LogP contribution is 2.23. The number of carbonyl (C=O) groups is 2. The number of amides is 2. The second-order valence-corrected chi connectivity index (χ2v) is 8.25. The fourth-order valence-electron chi connectivity index (χ4n) is 3.57. The third-order valence-electron chi connectivity index (χ3n) is 4.98. The summed E-state index contributed by atoms with van der Waals surface area (Å²) in [6.07, 6.45) is 7.27. The van der Waals surface area contributed by atoms with Crippen LogP contribution in [0.1, 0.15) is 37.0 Å². The number of primary amides is 1. The van der Waals surface area contributed by atoms with Crippen molar-refractivity contribution in [3.05, 3.63) is 36.4 Å².